The molecule has 2 saturated heterocycles. The van der Waals surface area contributed by atoms with Gasteiger partial charge in [-0.15, -0.1) is 0 Å². The summed E-state index contributed by atoms with van der Waals surface area (Å²) in [5.41, 5.74) is -2.79. The van der Waals surface area contributed by atoms with Gasteiger partial charge in [-0.1, -0.05) is 45.9 Å². The Morgan fingerprint density at radius 2 is 1.95 bits per heavy atom. The zero-order valence-corrected chi connectivity index (χ0v) is 23.3. The van der Waals surface area contributed by atoms with E-state index in [9.17, 15) is 24.1 Å². The summed E-state index contributed by atoms with van der Waals surface area (Å²) in [5.74, 6) is -1.08. The van der Waals surface area contributed by atoms with Gasteiger partial charge in [-0.2, -0.15) is 0 Å². The predicted molar refractivity (Wildman–Crippen MR) is 140 cm³/mol. The van der Waals surface area contributed by atoms with E-state index in [2.05, 4.69) is 4.98 Å². The van der Waals surface area contributed by atoms with Gasteiger partial charge in [-0.3, -0.25) is 23.7 Å². The molecule has 2 fully saturated rings. The van der Waals surface area contributed by atoms with E-state index in [-0.39, 0.29) is 30.5 Å². The third kappa shape index (κ3) is 6.70. The minimum atomic E-state index is -3.98. The van der Waals surface area contributed by atoms with E-state index in [0.29, 0.717) is 13.0 Å². The lowest BCUT2D eigenvalue weighted by molar-refractivity contribution is -0.227. The van der Waals surface area contributed by atoms with E-state index in [0.717, 1.165) is 10.6 Å². The number of aromatic amines is 1. The molecule has 3 heterocycles. The molecule has 39 heavy (non-hydrogen) atoms. The Bertz CT molecular complexity index is 1310. The average Bonchev–Trinajstić information content (AvgIpc) is 3.13. The van der Waals surface area contributed by atoms with Gasteiger partial charge in [-0.25, -0.2) is 9.36 Å². The fourth-order valence-electron chi connectivity index (χ4n) is 4.41. The Morgan fingerprint density at radius 3 is 2.54 bits per heavy atom. The van der Waals surface area contributed by atoms with Crippen molar-refractivity contribution in [2.24, 2.45) is 11.3 Å². The van der Waals surface area contributed by atoms with Crippen molar-refractivity contribution in [2.75, 3.05) is 26.0 Å². The number of aliphatic hydroxyl groups excluding tert-OH is 1. The number of benzene rings is 1. The van der Waals surface area contributed by atoms with Crippen LogP contribution < -0.4 is 15.8 Å². The number of hydrogen-bond acceptors (Lipinski definition) is 10. The Balaban J connectivity index is 1.51. The molecule has 1 spiro atoms. The third-order valence-corrected chi connectivity index (χ3v) is 8.54. The Morgan fingerprint density at radius 1 is 1.26 bits per heavy atom. The van der Waals surface area contributed by atoms with Crippen molar-refractivity contribution in [1.29, 1.82) is 0 Å². The van der Waals surface area contributed by atoms with Crippen LogP contribution in [-0.2, 0) is 28.1 Å². The summed E-state index contributed by atoms with van der Waals surface area (Å²) in [6, 6.07) is 9.55. The summed E-state index contributed by atoms with van der Waals surface area (Å²) in [6.45, 7) is 7.51. The minimum Gasteiger partial charge on any atom is -0.465 e. The van der Waals surface area contributed by atoms with Gasteiger partial charge in [0.05, 0.1) is 31.9 Å². The second-order valence-electron chi connectivity index (χ2n) is 11.1. The van der Waals surface area contributed by atoms with Crippen molar-refractivity contribution in [3.05, 3.63) is 63.4 Å². The highest BCUT2D eigenvalue weighted by Gasteiger charge is 2.62. The number of esters is 1. The molecule has 0 bridgehead atoms. The molecule has 0 radical (unpaired) electrons. The van der Waals surface area contributed by atoms with Gasteiger partial charge >= 0.3 is 19.3 Å². The topological polar surface area (TPSA) is 155 Å². The summed E-state index contributed by atoms with van der Waals surface area (Å²) >= 11 is 0. The van der Waals surface area contributed by atoms with Crippen LogP contribution >= 0.6 is 7.60 Å². The van der Waals surface area contributed by atoms with Crippen molar-refractivity contribution in [3.63, 3.8) is 0 Å². The van der Waals surface area contributed by atoms with Crippen LogP contribution in [0.1, 0.15) is 40.3 Å². The van der Waals surface area contributed by atoms with E-state index in [1.807, 2.05) is 20.8 Å². The fourth-order valence-corrected chi connectivity index (χ4v) is 6.28. The Kier molecular flexibility index (Phi) is 8.53. The number of rotatable bonds is 10. The lowest BCUT2D eigenvalue weighted by Crippen LogP contribution is -2.57. The molecule has 4 rings (SSSR count). The molecule has 0 aliphatic carbocycles. The lowest BCUT2D eigenvalue weighted by atomic mass is 9.86. The zero-order chi connectivity index (χ0) is 28.4. The van der Waals surface area contributed by atoms with Gasteiger partial charge in [0.25, 0.3) is 5.56 Å². The summed E-state index contributed by atoms with van der Waals surface area (Å²) in [6.07, 6.45) is -1.98. The second kappa shape index (κ2) is 11.4. The number of carbonyl (C=O) groups excluding carboxylic acids is 1. The molecule has 12 nitrogen and oxygen atoms in total. The minimum absolute atomic E-state index is 0.191. The smallest absolute Gasteiger partial charge is 0.380 e. The SMILES string of the molecule is C[C@H](CP(=O)(OC[C@H]1O[C@@H](n2ccc(=O)[nH]c2=O)[C@@]2(CCO2)[C@@H]1O)Oc1ccccc1)C(=O)OCC(C)(C)C. The normalized spacial score (nSPS) is 26.9. The van der Waals surface area contributed by atoms with E-state index in [1.165, 1.54) is 6.20 Å². The van der Waals surface area contributed by atoms with Gasteiger partial charge < -0.3 is 23.8 Å². The van der Waals surface area contributed by atoms with E-state index in [1.54, 1.807) is 37.3 Å². The van der Waals surface area contributed by atoms with Crippen molar-refractivity contribution in [2.45, 2.75) is 58.2 Å². The van der Waals surface area contributed by atoms with Crippen LogP contribution in [-0.4, -0.2) is 64.4 Å². The first-order chi connectivity index (χ1) is 18.3. The highest BCUT2D eigenvalue weighted by molar-refractivity contribution is 7.54. The molecule has 13 heteroatoms. The monoisotopic (exact) mass is 566 g/mol. The number of ether oxygens (including phenoxy) is 3. The molecule has 0 amide bonds. The van der Waals surface area contributed by atoms with Crippen LogP contribution in [0.15, 0.2) is 52.2 Å². The molecule has 0 saturated carbocycles. The first kappa shape index (κ1) is 29.2. The molecule has 1 aromatic heterocycles. The third-order valence-electron chi connectivity index (χ3n) is 6.51. The fraction of sp³-hybridized carbons (Fsp3) is 0.577. The predicted octanol–water partition coefficient (Wildman–Crippen LogP) is 2.47. The van der Waals surface area contributed by atoms with Crippen LogP contribution in [0.25, 0.3) is 0 Å². The van der Waals surface area contributed by atoms with Crippen LogP contribution in [0.5, 0.6) is 5.75 Å². The molecule has 2 aromatic rings. The summed E-state index contributed by atoms with van der Waals surface area (Å²) in [4.78, 5) is 38.8. The first-order valence-corrected chi connectivity index (χ1v) is 14.5. The Labute approximate surface area is 225 Å². The molecule has 1 unspecified atom stereocenters. The van der Waals surface area contributed by atoms with Gasteiger partial charge in [-0.05, 0) is 17.5 Å². The number of aromatic nitrogens is 2. The maximum atomic E-state index is 13.9. The highest BCUT2D eigenvalue weighted by atomic mass is 31.2. The summed E-state index contributed by atoms with van der Waals surface area (Å²) in [7, 11) is -3.98. The van der Waals surface area contributed by atoms with E-state index >= 15 is 0 Å². The van der Waals surface area contributed by atoms with E-state index < -0.39 is 54.8 Å². The summed E-state index contributed by atoms with van der Waals surface area (Å²) in [5, 5.41) is 11.1. The van der Waals surface area contributed by atoms with Gasteiger partial charge in [0.15, 0.2) is 6.23 Å². The molecular formula is C26H35N2O10P. The van der Waals surface area contributed by atoms with Crippen molar-refractivity contribution in [1.82, 2.24) is 9.55 Å². The standard InChI is InChI=1S/C26H35N2O10P/c1-17(22(31)34-16-25(2,3)4)15-39(33,38-18-8-6-5-7-9-18)36-14-19-21(30)26(11-13-35-26)23(37-19)28-12-10-20(29)27-24(28)32/h5-10,12,17,19,21,23,30H,11,13-16H2,1-4H3,(H,27,29,32)/t17-,19-,21-,23-,26-,39?/m1/s1. The van der Waals surface area contributed by atoms with Crippen molar-refractivity contribution in [3.8, 4) is 5.75 Å². The van der Waals surface area contributed by atoms with E-state index in [4.69, 9.17) is 23.3 Å². The van der Waals surface area contributed by atoms with Gasteiger partial charge in [0.2, 0.25) is 0 Å². The van der Waals surface area contributed by atoms with Crippen LogP contribution in [0.3, 0.4) is 0 Å². The van der Waals surface area contributed by atoms with Gasteiger partial charge in [0, 0.05) is 18.7 Å². The summed E-state index contributed by atoms with van der Waals surface area (Å²) < 4.78 is 43.7. The van der Waals surface area contributed by atoms with Crippen molar-refractivity contribution >= 4 is 13.6 Å². The number of aliphatic hydroxyl groups is 1. The number of H-pyrrole nitrogens is 1. The van der Waals surface area contributed by atoms with Crippen molar-refractivity contribution < 1.29 is 37.7 Å². The molecule has 1 aromatic carbocycles. The maximum Gasteiger partial charge on any atom is 0.380 e. The van der Waals surface area contributed by atoms with Crippen LogP contribution in [0.4, 0.5) is 0 Å². The molecule has 2 aliphatic heterocycles. The molecule has 2 aliphatic rings. The van der Waals surface area contributed by atoms with Gasteiger partial charge in [0.1, 0.15) is 23.6 Å². The second-order valence-corrected chi connectivity index (χ2v) is 13.1. The highest BCUT2D eigenvalue weighted by Crippen LogP contribution is 2.53. The largest absolute Gasteiger partial charge is 0.465 e. The van der Waals surface area contributed by atoms with Crippen LogP contribution in [0, 0.1) is 11.3 Å². The zero-order valence-electron chi connectivity index (χ0n) is 22.4. The number of nitrogens with zero attached hydrogens (tertiary/aromatic N) is 1. The first-order valence-electron chi connectivity index (χ1n) is 12.8. The molecule has 6 atom stereocenters. The maximum absolute atomic E-state index is 13.9. The number of nitrogens with one attached hydrogen (secondary N) is 1. The number of hydrogen-bond donors (Lipinski definition) is 2. The lowest BCUT2D eigenvalue weighted by Gasteiger charge is -2.44. The van der Waals surface area contributed by atoms with Crippen LogP contribution in [0.2, 0.25) is 0 Å². The molecule has 214 valence electrons. The average molecular weight is 567 g/mol. The molecular weight excluding hydrogens is 531 g/mol. The molecule has 2 N–H and O–H groups in total. The number of carbonyl (C=O) groups is 1. The number of para-hydroxylation sites is 1. The Hall–Kier alpha value is -2.76. The quantitative estimate of drug-likeness (QED) is 0.324.